The van der Waals surface area contributed by atoms with Crippen molar-refractivity contribution in [3.05, 3.63) is 262 Å². The van der Waals surface area contributed by atoms with Gasteiger partial charge in [0.15, 0.2) is 0 Å². The monoisotopic (exact) mass is 750 g/mol. The van der Waals surface area contributed by atoms with Crippen LogP contribution in [-0.4, -0.2) is 0 Å². The first-order valence-electron chi connectivity index (χ1n) is 21.0. The molecule has 278 valence electrons. The predicted octanol–water partition coefficient (Wildman–Crippen LogP) is 14.9. The summed E-state index contributed by atoms with van der Waals surface area (Å²) < 4.78 is 0. The fourth-order valence-electron chi connectivity index (χ4n) is 11.2. The van der Waals surface area contributed by atoms with Crippen molar-refractivity contribution in [2.24, 2.45) is 0 Å². The van der Waals surface area contributed by atoms with Crippen molar-refractivity contribution < 1.29 is 0 Å². The molecule has 0 N–H and O–H groups in total. The van der Waals surface area contributed by atoms with Gasteiger partial charge in [-0.3, -0.25) is 0 Å². The quantitative estimate of drug-likeness (QED) is 0.168. The molecule has 0 unspecified atom stereocenters. The van der Waals surface area contributed by atoms with Crippen molar-refractivity contribution in [1.82, 2.24) is 0 Å². The van der Waals surface area contributed by atoms with Gasteiger partial charge in [0.05, 0.1) is 5.41 Å². The van der Waals surface area contributed by atoms with Gasteiger partial charge in [0, 0.05) is 11.3 Å². The third kappa shape index (κ3) is 4.84. The Labute approximate surface area is 347 Å². The van der Waals surface area contributed by atoms with Crippen LogP contribution in [0.25, 0.3) is 55.6 Å². The number of hydrogen-bond donors (Lipinski definition) is 0. The maximum atomic E-state index is 2.61. The van der Waals surface area contributed by atoms with Crippen LogP contribution >= 0.6 is 0 Å². The Kier molecular flexibility index (Phi) is 7.35. The highest BCUT2D eigenvalue weighted by atomic mass is 14.5. The predicted molar refractivity (Wildman–Crippen MR) is 245 cm³/mol. The van der Waals surface area contributed by atoms with E-state index in [9.17, 15) is 0 Å². The summed E-state index contributed by atoms with van der Waals surface area (Å²) in [4.78, 5) is 0. The van der Waals surface area contributed by atoms with Crippen LogP contribution in [0.3, 0.4) is 0 Å². The Morgan fingerprint density at radius 3 is 1.03 bits per heavy atom. The molecular formula is C59H42. The fourth-order valence-corrected chi connectivity index (χ4v) is 11.2. The lowest BCUT2D eigenvalue weighted by Gasteiger charge is -2.40. The van der Waals surface area contributed by atoms with Crippen LogP contribution in [0.5, 0.6) is 0 Å². The molecule has 0 aromatic heterocycles. The Balaban J connectivity index is 1.19. The second-order valence-electron chi connectivity index (χ2n) is 17.2. The Morgan fingerprint density at radius 2 is 0.627 bits per heavy atom. The zero-order valence-electron chi connectivity index (χ0n) is 33.3. The molecule has 0 saturated heterocycles. The van der Waals surface area contributed by atoms with Gasteiger partial charge in [0.1, 0.15) is 0 Å². The molecule has 0 aliphatic heterocycles. The number of benzene rings is 9. The van der Waals surface area contributed by atoms with Gasteiger partial charge in [-0.05, 0) is 124 Å². The molecule has 0 nitrogen and oxygen atoms in total. The molecule has 0 bridgehead atoms. The van der Waals surface area contributed by atoms with E-state index in [-0.39, 0.29) is 11.3 Å². The van der Waals surface area contributed by atoms with Crippen LogP contribution < -0.4 is 0 Å². The first-order valence-corrected chi connectivity index (χ1v) is 21.0. The SMILES string of the molecule is CC1(C)c2ccccc2C(c2ccc3c(c2)C2(c4cc(-c5ccccc5)ccc4-c4ccc(-c5ccccc5)cc42)c2cc(-c4ccccc4)ccc2-3)c2ccccc21. The Bertz CT molecular complexity index is 2900. The van der Waals surface area contributed by atoms with Crippen LogP contribution in [0.2, 0.25) is 0 Å². The molecule has 0 heteroatoms. The Hall–Kier alpha value is -7.02. The first kappa shape index (κ1) is 34.1. The third-order valence-corrected chi connectivity index (χ3v) is 13.8. The molecule has 0 amide bonds. The van der Waals surface area contributed by atoms with Gasteiger partial charge in [0.2, 0.25) is 0 Å². The lowest BCUT2D eigenvalue weighted by molar-refractivity contribution is 0.597. The molecule has 3 aliphatic carbocycles. The molecule has 3 aliphatic rings. The summed E-state index contributed by atoms with van der Waals surface area (Å²) in [5.41, 5.74) is 24.4. The molecule has 0 atom stereocenters. The van der Waals surface area contributed by atoms with Crippen LogP contribution in [-0.2, 0) is 10.8 Å². The minimum atomic E-state index is -0.557. The topological polar surface area (TPSA) is 0 Å². The average Bonchev–Trinajstić information content (AvgIpc) is 3.76. The largest absolute Gasteiger partial charge is 0.0726 e. The van der Waals surface area contributed by atoms with Gasteiger partial charge in [0.25, 0.3) is 0 Å². The summed E-state index contributed by atoms with van der Waals surface area (Å²) in [6.07, 6.45) is 0. The van der Waals surface area contributed by atoms with Crippen LogP contribution in [0, 0.1) is 0 Å². The summed E-state index contributed by atoms with van der Waals surface area (Å²) in [6, 6.07) is 80.2. The lowest BCUT2D eigenvalue weighted by atomic mass is 9.63. The van der Waals surface area contributed by atoms with E-state index in [1.807, 2.05) is 0 Å². The summed E-state index contributed by atoms with van der Waals surface area (Å²) in [5.74, 6) is 0.105. The first-order chi connectivity index (χ1) is 29.0. The van der Waals surface area contributed by atoms with Crippen LogP contribution in [0.4, 0.5) is 0 Å². The van der Waals surface area contributed by atoms with Gasteiger partial charge in [-0.15, -0.1) is 0 Å². The molecule has 12 rings (SSSR count). The van der Waals surface area contributed by atoms with Gasteiger partial charge >= 0.3 is 0 Å². The molecule has 9 aromatic rings. The van der Waals surface area contributed by atoms with E-state index >= 15 is 0 Å². The summed E-state index contributed by atoms with van der Waals surface area (Å²) in [6.45, 7) is 4.78. The van der Waals surface area contributed by atoms with E-state index in [1.165, 1.54) is 106 Å². The van der Waals surface area contributed by atoms with Crippen molar-refractivity contribution in [3.63, 3.8) is 0 Å². The zero-order chi connectivity index (χ0) is 39.3. The highest BCUT2D eigenvalue weighted by molar-refractivity contribution is 5.98. The van der Waals surface area contributed by atoms with E-state index in [1.54, 1.807) is 0 Å². The molecule has 59 heavy (non-hydrogen) atoms. The zero-order valence-corrected chi connectivity index (χ0v) is 33.3. The number of hydrogen-bond acceptors (Lipinski definition) is 0. The minimum absolute atomic E-state index is 0.100. The van der Waals surface area contributed by atoms with Crippen molar-refractivity contribution in [1.29, 1.82) is 0 Å². The van der Waals surface area contributed by atoms with Gasteiger partial charge < -0.3 is 0 Å². The normalized spacial score (nSPS) is 14.8. The second-order valence-corrected chi connectivity index (χ2v) is 17.2. The average molecular weight is 751 g/mol. The molecular weight excluding hydrogens is 709 g/mol. The highest BCUT2D eigenvalue weighted by Crippen LogP contribution is 2.64. The molecule has 9 aromatic carbocycles. The molecule has 0 saturated carbocycles. The maximum Gasteiger partial charge on any atom is 0.0726 e. The minimum Gasteiger partial charge on any atom is -0.0622 e. The molecule has 0 heterocycles. The summed E-state index contributed by atoms with van der Waals surface area (Å²) >= 11 is 0. The third-order valence-electron chi connectivity index (χ3n) is 13.8. The number of fused-ring (bicyclic) bond motifs is 12. The smallest absolute Gasteiger partial charge is 0.0622 e. The molecule has 0 radical (unpaired) electrons. The summed E-state index contributed by atoms with van der Waals surface area (Å²) in [7, 11) is 0. The summed E-state index contributed by atoms with van der Waals surface area (Å²) in [5, 5.41) is 0. The van der Waals surface area contributed by atoms with E-state index in [4.69, 9.17) is 0 Å². The lowest BCUT2D eigenvalue weighted by Crippen LogP contribution is -2.30. The van der Waals surface area contributed by atoms with Crippen LogP contribution in [0.15, 0.2) is 212 Å². The molecule has 0 fully saturated rings. The maximum absolute atomic E-state index is 2.61. The number of rotatable bonds is 4. The van der Waals surface area contributed by atoms with Gasteiger partial charge in [-0.1, -0.05) is 208 Å². The highest BCUT2D eigenvalue weighted by Gasteiger charge is 2.52. The molecule has 1 spiro atoms. The fraction of sp³-hybridized carbons (Fsp3) is 0.0847. The van der Waals surface area contributed by atoms with E-state index in [0.29, 0.717) is 0 Å². The van der Waals surface area contributed by atoms with Crippen LogP contribution in [0.1, 0.15) is 69.8 Å². The van der Waals surface area contributed by atoms with Crippen molar-refractivity contribution in [3.8, 4) is 55.6 Å². The standard InChI is InChI=1S/C59H42/c1-58(2)51-24-14-12-22-49(51)57(50-23-13-15-25-52(50)58)44-29-33-48-47-32-28-43(40-20-10-5-11-21-40)36-55(47)59(56(48)37-44)53-34-41(38-16-6-3-7-17-38)26-30-45(53)46-31-27-42(35-54(46)59)39-18-8-4-9-19-39/h3-37,57H,1-2H3. The van der Waals surface area contributed by atoms with E-state index in [2.05, 4.69) is 226 Å². The van der Waals surface area contributed by atoms with Crippen molar-refractivity contribution in [2.75, 3.05) is 0 Å². The van der Waals surface area contributed by atoms with Crippen molar-refractivity contribution >= 4 is 0 Å². The van der Waals surface area contributed by atoms with E-state index < -0.39 is 5.41 Å². The van der Waals surface area contributed by atoms with Gasteiger partial charge in [-0.25, -0.2) is 0 Å². The van der Waals surface area contributed by atoms with E-state index in [0.717, 1.165) is 0 Å². The Morgan fingerprint density at radius 1 is 0.288 bits per heavy atom. The second kappa shape index (κ2) is 12.7. The van der Waals surface area contributed by atoms with Crippen molar-refractivity contribution in [2.45, 2.75) is 30.6 Å². The van der Waals surface area contributed by atoms with Gasteiger partial charge in [-0.2, -0.15) is 0 Å².